The Balaban J connectivity index is 2.78. The molecule has 72 valence electrons. The van der Waals surface area contributed by atoms with Gasteiger partial charge in [0.05, 0.1) is 23.6 Å². The molecule has 13 heavy (non-hydrogen) atoms. The summed E-state index contributed by atoms with van der Waals surface area (Å²) in [6.45, 7) is 0. The van der Waals surface area contributed by atoms with E-state index in [4.69, 9.17) is 8.85 Å². The lowest BCUT2D eigenvalue weighted by molar-refractivity contribution is -0.139. The zero-order valence-electron chi connectivity index (χ0n) is 10.4. The minimum atomic E-state index is -2.55. The summed E-state index contributed by atoms with van der Waals surface area (Å²) >= 11 is 0. The first-order valence-corrected chi connectivity index (χ1v) is 3.57. The summed E-state index contributed by atoms with van der Waals surface area (Å²) in [6, 6.07) is 0. The lowest BCUT2D eigenvalue weighted by Crippen LogP contribution is -2.38. The number of likely N-dealkylation sites (N-methyl/N-ethyl adjacent to an activating group) is 1. The number of aliphatic imine (C=N–C) groups is 1. The third-order valence-electron chi connectivity index (χ3n) is 1.69. The van der Waals surface area contributed by atoms with Crippen molar-refractivity contribution in [1.82, 2.24) is 4.90 Å². The molecule has 1 unspecified atom stereocenters. The molecule has 5 heteroatoms. The first kappa shape index (κ1) is 6.15. The van der Waals surface area contributed by atoms with Crippen LogP contribution in [-0.2, 0) is 14.3 Å². The average molecular weight is 187 g/mol. The van der Waals surface area contributed by atoms with Crippen LogP contribution in [-0.4, -0.2) is 44.5 Å². The maximum Gasteiger partial charge on any atom is 0.356 e. The van der Waals surface area contributed by atoms with Crippen molar-refractivity contribution in [3.63, 3.8) is 0 Å². The number of ether oxygens (including phenoxy) is 2. The third kappa shape index (κ3) is 1.86. The van der Waals surface area contributed by atoms with Crippen molar-refractivity contribution in [3.8, 4) is 0 Å². The van der Waals surface area contributed by atoms with Gasteiger partial charge in [0.2, 0.25) is 0 Å². The lowest BCUT2D eigenvalue weighted by Gasteiger charge is -2.28. The van der Waals surface area contributed by atoms with Crippen LogP contribution in [0.3, 0.4) is 0 Å². The molecule has 5 nitrogen and oxygen atoms in total. The van der Waals surface area contributed by atoms with Crippen LogP contribution < -0.4 is 0 Å². The molecule has 1 aliphatic heterocycles. The Morgan fingerprint density at radius 1 is 1.85 bits per heavy atom. The summed E-state index contributed by atoms with van der Waals surface area (Å²) in [6.07, 6.45) is 1.66. The van der Waals surface area contributed by atoms with Gasteiger partial charge < -0.3 is 14.4 Å². The standard InChI is InChI=1S/C8H12N2O3/c1-10-6(8(11)13-3)4-9-5-7(10)12-2/h4-5,7H,1-3H3/i2D3. The number of rotatable bonds is 2. The fourth-order valence-electron chi connectivity index (χ4n) is 0.926. The van der Waals surface area contributed by atoms with Crippen LogP contribution in [0.2, 0.25) is 0 Å². The van der Waals surface area contributed by atoms with Crippen LogP contribution in [0.15, 0.2) is 16.9 Å². The predicted octanol–water partition coefficient (Wildman–Crippen LogP) is -0.0105. The van der Waals surface area contributed by atoms with Crippen molar-refractivity contribution < 1.29 is 18.4 Å². The monoisotopic (exact) mass is 187 g/mol. The van der Waals surface area contributed by atoms with Crippen molar-refractivity contribution in [2.24, 2.45) is 4.99 Å². The van der Waals surface area contributed by atoms with Crippen LogP contribution >= 0.6 is 0 Å². The van der Waals surface area contributed by atoms with Crippen molar-refractivity contribution in [3.05, 3.63) is 11.9 Å². The van der Waals surface area contributed by atoms with Gasteiger partial charge in [-0.1, -0.05) is 0 Å². The van der Waals surface area contributed by atoms with Gasteiger partial charge in [0.1, 0.15) is 5.70 Å². The van der Waals surface area contributed by atoms with Crippen LogP contribution in [0.25, 0.3) is 0 Å². The Morgan fingerprint density at radius 3 is 3.23 bits per heavy atom. The molecule has 0 radical (unpaired) electrons. The van der Waals surface area contributed by atoms with E-state index in [9.17, 15) is 4.79 Å². The minimum absolute atomic E-state index is 0.138. The molecular weight excluding hydrogens is 172 g/mol. The Morgan fingerprint density at radius 2 is 2.62 bits per heavy atom. The molecule has 0 amide bonds. The van der Waals surface area contributed by atoms with Crippen molar-refractivity contribution >= 4 is 12.2 Å². The summed E-state index contributed by atoms with van der Waals surface area (Å²) < 4.78 is 30.2. The molecule has 0 saturated carbocycles. The topological polar surface area (TPSA) is 51.1 Å². The minimum Gasteiger partial charge on any atom is -0.464 e. The molecule has 0 bridgehead atoms. The zero-order valence-corrected chi connectivity index (χ0v) is 7.35. The van der Waals surface area contributed by atoms with Gasteiger partial charge in [-0.05, 0) is 0 Å². The molecule has 1 aliphatic rings. The molecule has 1 heterocycles. The Bertz CT molecular complexity index is 338. The van der Waals surface area contributed by atoms with Crippen molar-refractivity contribution in [2.75, 3.05) is 21.2 Å². The molecule has 0 aromatic heterocycles. The quantitative estimate of drug-likeness (QED) is 0.570. The highest BCUT2D eigenvalue weighted by Crippen LogP contribution is 2.12. The van der Waals surface area contributed by atoms with E-state index in [1.165, 1.54) is 31.5 Å². The van der Waals surface area contributed by atoms with E-state index in [2.05, 4.69) is 9.73 Å². The fourth-order valence-corrected chi connectivity index (χ4v) is 0.926. The number of carbonyl (C=O) groups excluding carboxylic acids is 1. The van der Waals surface area contributed by atoms with Gasteiger partial charge >= 0.3 is 5.97 Å². The van der Waals surface area contributed by atoms with Crippen molar-refractivity contribution in [1.29, 1.82) is 0 Å². The normalized spacial score (nSPS) is 25.7. The van der Waals surface area contributed by atoms with E-state index >= 15 is 0 Å². The largest absolute Gasteiger partial charge is 0.464 e. The smallest absolute Gasteiger partial charge is 0.356 e. The summed E-state index contributed by atoms with van der Waals surface area (Å²) in [5.41, 5.74) is 0.138. The highest BCUT2D eigenvalue weighted by molar-refractivity contribution is 5.89. The number of carbonyl (C=O) groups is 1. The van der Waals surface area contributed by atoms with Gasteiger partial charge in [-0.25, -0.2) is 4.79 Å². The van der Waals surface area contributed by atoms with E-state index in [0.29, 0.717) is 0 Å². The molecule has 0 aromatic rings. The van der Waals surface area contributed by atoms with Gasteiger partial charge in [-0.3, -0.25) is 4.99 Å². The van der Waals surface area contributed by atoms with Crippen molar-refractivity contribution in [2.45, 2.75) is 6.23 Å². The molecule has 0 aromatic carbocycles. The number of nitrogens with zero attached hydrogens (tertiary/aromatic N) is 2. The van der Waals surface area contributed by atoms with Crippen LogP contribution in [0.1, 0.15) is 4.11 Å². The second-order valence-corrected chi connectivity index (χ2v) is 2.42. The maximum absolute atomic E-state index is 11.3. The van der Waals surface area contributed by atoms with E-state index in [1.807, 2.05) is 0 Å². The lowest BCUT2D eigenvalue weighted by atomic mass is 10.3. The Kier molecular flexibility index (Phi) is 1.91. The molecule has 0 spiro atoms. The van der Waals surface area contributed by atoms with Crippen LogP contribution in [0.5, 0.6) is 0 Å². The van der Waals surface area contributed by atoms with Gasteiger partial charge in [0.15, 0.2) is 6.23 Å². The third-order valence-corrected chi connectivity index (χ3v) is 1.69. The van der Waals surface area contributed by atoms with Gasteiger partial charge in [-0.2, -0.15) is 0 Å². The second kappa shape index (κ2) is 4.04. The zero-order chi connectivity index (χ0) is 12.3. The van der Waals surface area contributed by atoms with E-state index in [-0.39, 0.29) is 5.70 Å². The SMILES string of the molecule is [2H]C([2H])([2H])OC1C=NC=C(C(=O)OC)N1C. The molecular formula is C8H12N2O3. The van der Waals surface area contributed by atoms with Gasteiger partial charge in [-0.15, -0.1) is 0 Å². The summed E-state index contributed by atoms with van der Waals surface area (Å²) in [4.78, 5) is 16.4. The summed E-state index contributed by atoms with van der Waals surface area (Å²) in [5, 5.41) is 0. The van der Waals surface area contributed by atoms with E-state index < -0.39 is 19.2 Å². The number of esters is 1. The maximum atomic E-state index is 11.3. The molecule has 0 N–H and O–H groups in total. The van der Waals surface area contributed by atoms with Gasteiger partial charge in [0, 0.05) is 14.1 Å². The number of hydrogen-bond donors (Lipinski definition) is 0. The Labute approximate surface area is 80.9 Å². The molecule has 0 aliphatic carbocycles. The average Bonchev–Trinajstić information content (AvgIpc) is 2.18. The van der Waals surface area contributed by atoms with E-state index in [1.54, 1.807) is 0 Å². The molecule has 0 saturated heterocycles. The fraction of sp³-hybridized carbons (Fsp3) is 0.500. The highest BCUT2D eigenvalue weighted by atomic mass is 16.5. The summed E-state index contributed by atoms with van der Waals surface area (Å²) in [5.74, 6) is -0.599. The number of hydrogen-bond acceptors (Lipinski definition) is 5. The second-order valence-electron chi connectivity index (χ2n) is 2.42. The number of methoxy groups -OCH3 is 2. The molecule has 0 fully saturated rings. The van der Waals surface area contributed by atoms with Crippen LogP contribution in [0, 0.1) is 0 Å². The highest BCUT2D eigenvalue weighted by Gasteiger charge is 2.23. The van der Waals surface area contributed by atoms with Crippen LogP contribution in [0.4, 0.5) is 0 Å². The van der Waals surface area contributed by atoms with E-state index in [0.717, 1.165) is 0 Å². The first-order valence-electron chi connectivity index (χ1n) is 5.07. The molecule has 1 rings (SSSR count). The Hall–Kier alpha value is -1.36. The first-order chi connectivity index (χ1) is 7.35. The molecule has 1 atom stereocenters. The van der Waals surface area contributed by atoms with Gasteiger partial charge in [0.25, 0.3) is 0 Å². The summed E-state index contributed by atoms with van der Waals surface area (Å²) in [7, 11) is 0.197. The predicted molar refractivity (Wildman–Crippen MR) is 47.2 cm³/mol.